The smallest absolute Gasteiger partial charge is 0.274 e. The van der Waals surface area contributed by atoms with Crippen LogP contribution in [0, 0.1) is 0 Å². The summed E-state index contributed by atoms with van der Waals surface area (Å²) in [6.45, 7) is 0.400. The summed E-state index contributed by atoms with van der Waals surface area (Å²) in [5.41, 5.74) is 2.08. The molecular formula is C16H16N4O2S. The zero-order valence-electron chi connectivity index (χ0n) is 12.8. The van der Waals surface area contributed by atoms with Crippen LogP contribution in [0.2, 0.25) is 0 Å². The van der Waals surface area contributed by atoms with E-state index in [-0.39, 0.29) is 5.91 Å². The molecule has 6 nitrogen and oxygen atoms in total. The molecule has 1 amide bonds. The highest BCUT2D eigenvalue weighted by atomic mass is 32.1. The molecule has 0 fully saturated rings. The van der Waals surface area contributed by atoms with Crippen molar-refractivity contribution in [3.05, 3.63) is 53.2 Å². The van der Waals surface area contributed by atoms with E-state index in [0.29, 0.717) is 18.1 Å². The number of rotatable bonds is 5. The molecule has 0 radical (unpaired) electrons. The highest BCUT2D eigenvalue weighted by molar-refractivity contribution is 7.13. The number of ether oxygens (including phenoxy) is 1. The maximum absolute atomic E-state index is 12.5. The third-order valence-corrected chi connectivity index (χ3v) is 4.28. The normalized spacial score (nSPS) is 10.5. The molecule has 3 rings (SSSR count). The van der Waals surface area contributed by atoms with Crippen LogP contribution in [-0.4, -0.2) is 40.1 Å². The topological polar surface area (TPSA) is 71.1 Å². The van der Waals surface area contributed by atoms with E-state index in [1.807, 2.05) is 29.6 Å². The number of amides is 1. The van der Waals surface area contributed by atoms with Gasteiger partial charge in [0.2, 0.25) is 5.88 Å². The lowest BCUT2D eigenvalue weighted by Gasteiger charge is -2.17. The average molecular weight is 328 g/mol. The van der Waals surface area contributed by atoms with Crippen molar-refractivity contribution in [2.75, 3.05) is 14.2 Å². The van der Waals surface area contributed by atoms with E-state index in [9.17, 15) is 4.79 Å². The van der Waals surface area contributed by atoms with Gasteiger partial charge in [-0.05, 0) is 23.6 Å². The zero-order valence-corrected chi connectivity index (χ0v) is 13.6. The first-order chi connectivity index (χ1) is 11.2. The molecule has 3 aromatic heterocycles. The number of aromatic nitrogens is 3. The van der Waals surface area contributed by atoms with Gasteiger partial charge in [0.05, 0.1) is 24.2 Å². The summed E-state index contributed by atoms with van der Waals surface area (Å²) in [7, 11) is 3.29. The highest BCUT2D eigenvalue weighted by Gasteiger charge is 2.18. The van der Waals surface area contributed by atoms with Crippen LogP contribution in [0.1, 0.15) is 16.1 Å². The Labute approximate surface area is 137 Å². The fraction of sp³-hybridized carbons (Fsp3) is 0.188. The minimum atomic E-state index is -0.157. The Morgan fingerprint density at radius 2 is 2.26 bits per heavy atom. The second kappa shape index (κ2) is 6.62. The predicted molar refractivity (Wildman–Crippen MR) is 88.5 cm³/mol. The van der Waals surface area contributed by atoms with Crippen molar-refractivity contribution < 1.29 is 9.53 Å². The van der Waals surface area contributed by atoms with Gasteiger partial charge in [-0.2, -0.15) is 5.10 Å². The predicted octanol–water partition coefficient (Wildman–Crippen LogP) is 2.81. The molecule has 0 aromatic carbocycles. The van der Waals surface area contributed by atoms with Crippen LogP contribution in [0.15, 0.2) is 41.9 Å². The second-order valence-corrected chi connectivity index (χ2v) is 5.92. The van der Waals surface area contributed by atoms with E-state index >= 15 is 0 Å². The van der Waals surface area contributed by atoms with E-state index in [1.165, 1.54) is 0 Å². The third-order valence-electron chi connectivity index (χ3n) is 3.38. The van der Waals surface area contributed by atoms with Gasteiger partial charge in [-0.1, -0.05) is 12.1 Å². The van der Waals surface area contributed by atoms with Crippen LogP contribution >= 0.6 is 11.3 Å². The summed E-state index contributed by atoms with van der Waals surface area (Å²) in [6, 6.07) is 9.42. The summed E-state index contributed by atoms with van der Waals surface area (Å²) >= 11 is 1.60. The van der Waals surface area contributed by atoms with Crippen LogP contribution < -0.4 is 4.74 Å². The Morgan fingerprint density at radius 3 is 3.00 bits per heavy atom. The van der Waals surface area contributed by atoms with Crippen LogP contribution in [0.4, 0.5) is 0 Å². The summed E-state index contributed by atoms with van der Waals surface area (Å²) in [5, 5.41) is 9.01. The first kappa shape index (κ1) is 15.2. The molecule has 23 heavy (non-hydrogen) atoms. The van der Waals surface area contributed by atoms with Crippen molar-refractivity contribution >= 4 is 17.2 Å². The molecule has 0 aliphatic heterocycles. The number of H-pyrrole nitrogens is 1. The van der Waals surface area contributed by atoms with Crippen molar-refractivity contribution in [2.45, 2.75) is 6.54 Å². The first-order valence-corrected chi connectivity index (χ1v) is 7.89. The number of nitrogens with zero attached hydrogens (tertiary/aromatic N) is 3. The minimum absolute atomic E-state index is 0.157. The van der Waals surface area contributed by atoms with E-state index in [1.54, 1.807) is 42.7 Å². The second-order valence-electron chi connectivity index (χ2n) is 4.98. The Bertz CT molecular complexity index is 798. The molecule has 0 bridgehead atoms. The largest absolute Gasteiger partial charge is 0.481 e. The SMILES string of the molecule is COc1ncccc1CN(C)C(=O)c1cc(-c2cccs2)[nH]n1. The molecule has 0 saturated carbocycles. The number of thiophene rings is 1. The van der Waals surface area contributed by atoms with Crippen molar-refractivity contribution in [3.63, 3.8) is 0 Å². The highest BCUT2D eigenvalue weighted by Crippen LogP contribution is 2.23. The maximum atomic E-state index is 12.5. The van der Waals surface area contributed by atoms with Gasteiger partial charge in [-0.3, -0.25) is 9.89 Å². The van der Waals surface area contributed by atoms with Crippen molar-refractivity contribution in [2.24, 2.45) is 0 Å². The number of carbonyl (C=O) groups is 1. The number of pyridine rings is 1. The minimum Gasteiger partial charge on any atom is -0.481 e. The molecule has 0 aliphatic rings. The molecule has 1 N–H and O–H groups in total. The van der Waals surface area contributed by atoms with Crippen LogP contribution in [0.3, 0.4) is 0 Å². The number of hydrogen-bond acceptors (Lipinski definition) is 5. The van der Waals surface area contributed by atoms with Gasteiger partial charge in [-0.25, -0.2) is 4.98 Å². The molecule has 0 aliphatic carbocycles. The number of nitrogens with one attached hydrogen (secondary N) is 1. The fourth-order valence-electron chi connectivity index (χ4n) is 2.24. The lowest BCUT2D eigenvalue weighted by Crippen LogP contribution is -2.26. The molecule has 3 aromatic rings. The van der Waals surface area contributed by atoms with E-state index in [2.05, 4.69) is 15.2 Å². The molecule has 0 saturated heterocycles. The van der Waals surface area contributed by atoms with Crippen LogP contribution in [-0.2, 0) is 6.54 Å². The van der Waals surface area contributed by atoms with Crippen LogP contribution in [0.25, 0.3) is 10.6 Å². The van der Waals surface area contributed by atoms with E-state index in [0.717, 1.165) is 16.1 Å². The zero-order chi connectivity index (χ0) is 16.2. The molecular weight excluding hydrogens is 312 g/mol. The number of aromatic amines is 1. The van der Waals surface area contributed by atoms with Crippen LogP contribution in [0.5, 0.6) is 5.88 Å². The summed E-state index contributed by atoms with van der Waals surface area (Å²) in [5.74, 6) is 0.364. The van der Waals surface area contributed by atoms with Crippen molar-refractivity contribution in [1.29, 1.82) is 0 Å². The van der Waals surface area contributed by atoms with Gasteiger partial charge in [0.15, 0.2) is 5.69 Å². The molecule has 0 atom stereocenters. The fourth-order valence-corrected chi connectivity index (χ4v) is 2.93. The van der Waals surface area contributed by atoms with Gasteiger partial charge in [0.25, 0.3) is 5.91 Å². The molecule has 118 valence electrons. The lowest BCUT2D eigenvalue weighted by atomic mass is 10.2. The standard InChI is InChI=1S/C16H16N4O2S/c1-20(10-11-5-3-7-17-15(11)22-2)16(21)13-9-12(18-19-13)14-6-4-8-23-14/h3-9H,10H2,1-2H3,(H,18,19). The number of methoxy groups -OCH3 is 1. The Kier molecular flexibility index (Phi) is 4.38. The van der Waals surface area contributed by atoms with E-state index in [4.69, 9.17) is 4.74 Å². The monoisotopic (exact) mass is 328 g/mol. The Morgan fingerprint density at radius 1 is 1.39 bits per heavy atom. The summed E-state index contributed by atoms with van der Waals surface area (Å²) in [6.07, 6.45) is 1.66. The van der Waals surface area contributed by atoms with Gasteiger partial charge in [0.1, 0.15) is 0 Å². The van der Waals surface area contributed by atoms with Gasteiger partial charge < -0.3 is 9.64 Å². The first-order valence-electron chi connectivity index (χ1n) is 7.01. The van der Waals surface area contributed by atoms with Gasteiger partial charge >= 0.3 is 0 Å². The maximum Gasteiger partial charge on any atom is 0.274 e. The molecule has 0 unspecified atom stereocenters. The molecule has 3 heterocycles. The Balaban J connectivity index is 1.75. The third kappa shape index (κ3) is 3.24. The molecule has 7 heteroatoms. The van der Waals surface area contributed by atoms with Crippen molar-refractivity contribution in [1.82, 2.24) is 20.1 Å². The van der Waals surface area contributed by atoms with E-state index < -0.39 is 0 Å². The molecule has 0 spiro atoms. The lowest BCUT2D eigenvalue weighted by molar-refractivity contribution is 0.0778. The average Bonchev–Trinajstić information content (AvgIpc) is 3.25. The Hall–Kier alpha value is -2.67. The van der Waals surface area contributed by atoms with Crippen molar-refractivity contribution in [3.8, 4) is 16.5 Å². The van der Waals surface area contributed by atoms with Gasteiger partial charge in [0, 0.05) is 18.8 Å². The summed E-state index contributed by atoms with van der Waals surface area (Å²) in [4.78, 5) is 19.3. The van der Waals surface area contributed by atoms with Gasteiger partial charge in [-0.15, -0.1) is 11.3 Å². The number of carbonyl (C=O) groups excluding carboxylic acids is 1. The quantitative estimate of drug-likeness (QED) is 0.782. The number of hydrogen-bond donors (Lipinski definition) is 1. The summed E-state index contributed by atoms with van der Waals surface area (Å²) < 4.78 is 5.22.